The second kappa shape index (κ2) is 5.61. The molecule has 20 heavy (non-hydrogen) atoms. The fourth-order valence-electron chi connectivity index (χ4n) is 2.65. The number of para-hydroxylation sites is 2. The van der Waals surface area contributed by atoms with Crippen molar-refractivity contribution in [1.82, 2.24) is 5.32 Å². The fourth-order valence-corrected chi connectivity index (χ4v) is 4.32. The highest BCUT2D eigenvalue weighted by atomic mass is 32.2. The molecule has 0 spiro atoms. The van der Waals surface area contributed by atoms with Crippen LogP contribution in [0.5, 0.6) is 11.5 Å². The van der Waals surface area contributed by atoms with Gasteiger partial charge in [-0.25, -0.2) is 8.42 Å². The molecule has 0 radical (unpaired) electrons. The average Bonchev–Trinajstić information content (AvgIpc) is 2.44. The quantitative estimate of drug-likeness (QED) is 0.901. The maximum atomic E-state index is 11.6. The summed E-state index contributed by atoms with van der Waals surface area (Å²) in [4.78, 5) is 0. The predicted molar refractivity (Wildman–Crippen MR) is 76.0 cm³/mol. The highest BCUT2D eigenvalue weighted by Gasteiger charge is 2.26. The first-order valence-electron chi connectivity index (χ1n) is 6.95. The first-order chi connectivity index (χ1) is 9.62. The van der Waals surface area contributed by atoms with E-state index in [4.69, 9.17) is 9.47 Å². The topological polar surface area (TPSA) is 64.6 Å². The van der Waals surface area contributed by atoms with E-state index in [2.05, 4.69) is 5.32 Å². The third kappa shape index (κ3) is 3.24. The predicted octanol–water partition coefficient (Wildman–Crippen LogP) is 0.993. The van der Waals surface area contributed by atoms with Gasteiger partial charge in [-0.15, -0.1) is 0 Å². The van der Waals surface area contributed by atoms with Crippen LogP contribution in [0.2, 0.25) is 0 Å². The Hall–Kier alpha value is -1.27. The molecule has 2 aliphatic rings. The van der Waals surface area contributed by atoms with Gasteiger partial charge in [-0.1, -0.05) is 12.1 Å². The lowest BCUT2D eigenvalue weighted by Crippen LogP contribution is -2.46. The number of hydrogen-bond acceptors (Lipinski definition) is 5. The molecule has 1 N–H and O–H groups in total. The number of ether oxygens (including phenoxy) is 2. The zero-order valence-corrected chi connectivity index (χ0v) is 12.1. The van der Waals surface area contributed by atoms with Gasteiger partial charge in [-0.3, -0.25) is 0 Å². The molecule has 1 fully saturated rings. The first kappa shape index (κ1) is 13.7. The minimum absolute atomic E-state index is 0.0366. The van der Waals surface area contributed by atoms with Gasteiger partial charge in [0.2, 0.25) is 0 Å². The third-order valence-electron chi connectivity index (χ3n) is 3.66. The van der Waals surface area contributed by atoms with Gasteiger partial charge in [-0.2, -0.15) is 0 Å². The number of nitrogens with one attached hydrogen (secondary N) is 1. The molecule has 110 valence electrons. The Morgan fingerprint density at radius 2 is 2.05 bits per heavy atom. The molecule has 0 aromatic heterocycles. The van der Waals surface area contributed by atoms with Gasteiger partial charge in [0.05, 0.1) is 11.5 Å². The van der Waals surface area contributed by atoms with Gasteiger partial charge in [-0.05, 0) is 25.0 Å². The van der Waals surface area contributed by atoms with Crippen LogP contribution in [0, 0.1) is 0 Å². The molecule has 2 aliphatic heterocycles. The van der Waals surface area contributed by atoms with Crippen molar-refractivity contribution in [2.24, 2.45) is 0 Å². The van der Waals surface area contributed by atoms with E-state index in [0.29, 0.717) is 18.9 Å². The lowest BCUT2D eigenvalue weighted by Gasteiger charge is -2.29. The van der Waals surface area contributed by atoms with Crippen molar-refractivity contribution in [3.63, 3.8) is 0 Å². The van der Waals surface area contributed by atoms with E-state index in [1.54, 1.807) is 0 Å². The largest absolute Gasteiger partial charge is 0.486 e. The average molecular weight is 297 g/mol. The molecular weight excluding hydrogens is 278 g/mol. The summed E-state index contributed by atoms with van der Waals surface area (Å²) < 4.78 is 34.6. The highest BCUT2D eigenvalue weighted by Crippen LogP contribution is 2.30. The Morgan fingerprint density at radius 3 is 2.85 bits per heavy atom. The summed E-state index contributed by atoms with van der Waals surface area (Å²) in [7, 11) is -2.87. The molecule has 5 nitrogen and oxygen atoms in total. The smallest absolute Gasteiger partial charge is 0.161 e. The van der Waals surface area contributed by atoms with E-state index in [1.807, 2.05) is 24.3 Å². The van der Waals surface area contributed by atoms with Crippen LogP contribution in [0.4, 0.5) is 0 Å². The molecule has 1 aromatic carbocycles. The van der Waals surface area contributed by atoms with E-state index < -0.39 is 9.84 Å². The molecule has 0 aliphatic carbocycles. The van der Waals surface area contributed by atoms with Crippen molar-refractivity contribution in [3.8, 4) is 11.5 Å². The fraction of sp³-hybridized carbons (Fsp3) is 0.571. The molecule has 2 heterocycles. The highest BCUT2D eigenvalue weighted by molar-refractivity contribution is 7.91. The number of hydrogen-bond donors (Lipinski definition) is 1. The van der Waals surface area contributed by atoms with Gasteiger partial charge in [0, 0.05) is 12.6 Å². The molecule has 1 saturated heterocycles. The lowest BCUT2D eigenvalue weighted by atomic mass is 10.2. The number of fused-ring (bicyclic) bond motifs is 1. The number of sulfone groups is 1. The van der Waals surface area contributed by atoms with Gasteiger partial charge in [0.25, 0.3) is 0 Å². The monoisotopic (exact) mass is 297 g/mol. The Bertz CT molecular complexity index is 572. The summed E-state index contributed by atoms with van der Waals surface area (Å²) in [5, 5.41) is 3.29. The molecule has 0 saturated carbocycles. The second-order valence-corrected chi connectivity index (χ2v) is 7.59. The Balaban J connectivity index is 1.53. The zero-order valence-electron chi connectivity index (χ0n) is 11.2. The second-order valence-electron chi connectivity index (χ2n) is 5.36. The van der Waals surface area contributed by atoms with Crippen LogP contribution in [0.3, 0.4) is 0 Å². The molecule has 3 rings (SSSR count). The summed E-state index contributed by atoms with van der Waals surface area (Å²) in [5.74, 6) is 2.07. The van der Waals surface area contributed by atoms with Crippen LogP contribution in [-0.4, -0.2) is 45.2 Å². The normalized spacial score (nSPS) is 28.0. The van der Waals surface area contributed by atoms with Crippen LogP contribution in [0.25, 0.3) is 0 Å². The Kier molecular flexibility index (Phi) is 3.85. The maximum Gasteiger partial charge on any atom is 0.161 e. The van der Waals surface area contributed by atoms with E-state index in [1.165, 1.54) is 0 Å². The first-order valence-corrected chi connectivity index (χ1v) is 8.77. The summed E-state index contributed by atoms with van der Waals surface area (Å²) in [5.41, 5.74) is 0. The van der Waals surface area contributed by atoms with Crippen molar-refractivity contribution >= 4 is 9.84 Å². The molecule has 0 amide bonds. The summed E-state index contributed by atoms with van der Waals surface area (Å²) in [6, 6.07) is 7.62. The summed E-state index contributed by atoms with van der Waals surface area (Å²) in [6.45, 7) is 1.10. The van der Waals surface area contributed by atoms with Crippen LogP contribution in [0.15, 0.2) is 24.3 Å². The van der Waals surface area contributed by atoms with E-state index in [-0.39, 0.29) is 17.9 Å². The van der Waals surface area contributed by atoms with Gasteiger partial charge in [0.15, 0.2) is 21.3 Å². The maximum absolute atomic E-state index is 11.6. The lowest BCUT2D eigenvalue weighted by molar-refractivity contribution is 0.0883. The van der Waals surface area contributed by atoms with Crippen molar-refractivity contribution in [1.29, 1.82) is 0 Å². The van der Waals surface area contributed by atoms with Gasteiger partial charge in [0.1, 0.15) is 12.7 Å². The number of benzene rings is 1. The number of rotatable bonds is 3. The molecule has 2 atom stereocenters. The van der Waals surface area contributed by atoms with E-state index in [9.17, 15) is 8.42 Å². The van der Waals surface area contributed by atoms with Gasteiger partial charge < -0.3 is 14.8 Å². The van der Waals surface area contributed by atoms with Crippen LogP contribution >= 0.6 is 0 Å². The van der Waals surface area contributed by atoms with E-state index in [0.717, 1.165) is 24.3 Å². The zero-order chi connectivity index (χ0) is 14.0. The SMILES string of the molecule is O=S1(=O)CCCC(NCC2COc3ccccc3O2)C1. The van der Waals surface area contributed by atoms with E-state index >= 15 is 0 Å². The molecule has 6 heteroatoms. The third-order valence-corrected chi connectivity index (χ3v) is 5.49. The summed E-state index contributed by atoms with van der Waals surface area (Å²) in [6.07, 6.45) is 1.57. The minimum Gasteiger partial charge on any atom is -0.486 e. The van der Waals surface area contributed by atoms with Crippen molar-refractivity contribution in [3.05, 3.63) is 24.3 Å². The summed E-state index contributed by atoms with van der Waals surface area (Å²) >= 11 is 0. The standard InChI is InChI=1S/C14H19NO4S/c16-20(17)7-3-4-11(10-20)15-8-12-9-18-13-5-1-2-6-14(13)19-12/h1-2,5-6,11-12,15H,3-4,7-10H2. The minimum atomic E-state index is -2.87. The molecule has 1 aromatic rings. The van der Waals surface area contributed by atoms with Crippen molar-refractivity contribution in [2.45, 2.75) is 25.0 Å². The Morgan fingerprint density at radius 1 is 1.25 bits per heavy atom. The van der Waals surface area contributed by atoms with Gasteiger partial charge >= 0.3 is 0 Å². The van der Waals surface area contributed by atoms with Crippen molar-refractivity contribution < 1.29 is 17.9 Å². The molecule has 2 unspecified atom stereocenters. The van der Waals surface area contributed by atoms with Crippen LogP contribution in [-0.2, 0) is 9.84 Å². The van der Waals surface area contributed by atoms with Crippen LogP contribution < -0.4 is 14.8 Å². The molecular formula is C14H19NO4S. The Labute approximate surface area is 119 Å². The molecule has 0 bridgehead atoms. The van der Waals surface area contributed by atoms with Crippen LogP contribution in [0.1, 0.15) is 12.8 Å². The van der Waals surface area contributed by atoms with Crippen molar-refractivity contribution in [2.75, 3.05) is 24.7 Å².